The minimum absolute atomic E-state index is 0.162. The third-order valence-electron chi connectivity index (χ3n) is 4.68. The van der Waals surface area contributed by atoms with Gasteiger partial charge in [-0.15, -0.1) is 0 Å². The van der Waals surface area contributed by atoms with Crippen LogP contribution >= 0.6 is 0 Å². The van der Waals surface area contributed by atoms with Crippen molar-refractivity contribution >= 4 is 11.8 Å². The average Bonchev–Trinajstić information content (AvgIpc) is 2.65. The van der Waals surface area contributed by atoms with Gasteiger partial charge in [-0.05, 0) is 24.1 Å². The molecular weight excluding hydrogens is 326 g/mol. The van der Waals surface area contributed by atoms with Crippen molar-refractivity contribution in [1.29, 1.82) is 0 Å². The zero-order valence-corrected chi connectivity index (χ0v) is 15.8. The van der Waals surface area contributed by atoms with Gasteiger partial charge in [-0.25, -0.2) is 4.98 Å². The Morgan fingerprint density at radius 2 is 1.81 bits per heavy atom. The monoisotopic (exact) mass is 353 g/mol. The van der Waals surface area contributed by atoms with Crippen molar-refractivity contribution in [2.45, 2.75) is 27.3 Å². The number of anilines is 1. The lowest BCUT2D eigenvalue weighted by Gasteiger charge is -2.36. The van der Waals surface area contributed by atoms with E-state index in [0.717, 1.165) is 44.1 Å². The van der Waals surface area contributed by atoms with E-state index in [1.807, 2.05) is 32.9 Å². The van der Waals surface area contributed by atoms with Crippen LogP contribution in [0.25, 0.3) is 0 Å². The Morgan fingerprint density at radius 3 is 2.46 bits per heavy atom. The van der Waals surface area contributed by atoms with Gasteiger partial charge in [0.1, 0.15) is 0 Å². The zero-order chi connectivity index (χ0) is 18.5. The van der Waals surface area contributed by atoms with Gasteiger partial charge >= 0.3 is 5.97 Å². The van der Waals surface area contributed by atoms with E-state index in [2.05, 4.69) is 39.0 Å². The second kappa shape index (κ2) is 8.32. The van der Waals surface area contributed by atoms with Crippen LogP contribution in [0.5, 0.6) is 5.75 Å². The molecule has 0 radical (unpaired) electrons. The number of aromatic nitrogens is 1. The maximum atomic E-state index is 12.1. The van der Waals surface area contributed by atoms with E-state index < -0.39 is 0 Å². The normalized spacial score (nSPS) is 15.3. The van der Waals surface area contributed by atoms with Crippen molar-refractivity contribution in [3.8, 4) is 5.75 Å². The number of hydrogen-bond donors (Lipinski definition) is 0. The van der Waals surface area contributed by atoms with Gasteiger partial charge in [0.05, 0.1) is 5.92 Å². The molecule has 0 amide bonds. The summed E-state index contributed by atoms with van der Waals surface area (Å²) >= 11 is 0. The molecule has 5 nitrogen and oxygen atoms in total. The van der Waals surface area contributed by atoms with Crippen LogP contribution in [0.3, 0.4) is 0 Å². The van der Waals surface area contributed by atoms with Gasteiger partial charge in [0, 0.05) is 38.9 Å². The maximum Gasteiger partial charge on any atom is 0.313 e. The van der Waals surface area contributed by atoms with Gasteiger partial charge in [-0.1, -0.05) is 44.2 Å². The van der Waals surface area contributed by atoms with Crippen LogP contribution in [0.4, 0.5) is 5.82 Å². The number of esters is 1. The minimum atomic E-state index is -0.218. The first-order valence-electron chi connectivity index (χ1n) is 9.23. The van der Waals surface area contributed by atoms with E-state index in [0.29, 0.717) is 5.75 Å². The average molecular weight is 353 g/mol. The molecule has 0 atom stereocenters. The summed E-state index contributed by atoms with van der Waals surface area (Å²) in [5.41, 5.74) is 2.27. The molecule has 5 heteroatoms. The Balaban J connectivity index is 1.67. The first kappa shape index (κ1) is 18.4. The molecule has 1 aliphatic heterocycles. The summed E-state index contributed by atoms with van der Waals surface area (Å²) in [5, 5.41) is 0. The second-order valence-electron chi connectivity index (χ2n) is 7.11. The van der Waals surface area contributed by atoms with Crippen molar-refractivity contribution in [3.63, 3.8) is 0 Å². The van der Waals surface area contributed by atoms with E-state index in [1.165, 1.54) is 5.56 Å². The molecule has 26 heavy (non-hydrogen) atoms. The molecule has 1 saturated heterocycles. The Kier molecular flexibility index (Phi) is 5.89. The number of carbonyl (C=O) groups excluding carboxylic acids is 1. The number of piperazine rings is 1. The van der Waals surface area contributed by atoms with Crippen LogP contribution in [-0.2, 0) is 11.3 Å². The highest BCUT2D eigenvalue weighted by molar-refractivity contribution is 5.76. The third kappa shape index (κ3) is 4.41. The number of ether oxygens (including phenoxy) is 1. The SMILES string of the molecule is Cc1ccnc(N2CCN(Cc3ccccc3)CC2)c1OC(=O)C(C)C. The molecule has 2 aromatic rings. The third-order valence-corrected chi connectivity index (χ3v) is 4.68. The fourth-order valence-electron chi connectivity index (χ4n) is 3.06. The number of nitrogens with zero attached hydrogens (tertiary/aromatic N) is 3. The minimum Gasteiger partial charge on any atom is -0.422 e. The van der Waals surface area contributed by atoms with Crippen LogP contribution in [0.2, 0.25) is 0 Å². The molecule has 3 rings (SSSR count). The number of rotatable bonds is 5. The van der Waals surface area contributed by atoms with E-state index in [-0.39, 0.29) is 11.9 Å². The predicted octanol–water partition coefficient (Wildman–Crippen LogP) is 3.27. The number of carbonyl (C=O) groups is 1. The van der Waals surface area contributed by atoms with Gasteiger partial charge in [-0.2, -0.15) is 0 Å². The molecule has 0 aliphatic carbocycles. The predicted molar refractivity (Wildman–Crippen MR) is 103 cm³/mol. The van der Waals surface area contributed by atoms with E-state index >= 15 is 0 Å². The molecule has 0 N–H and O–H groups in total. The summed E-state index contributed by atoms with van der Waals surface area (Å²) in [6.07, 6.45) is 1.79. The number of benzene rings is 1. The summed E-state index contributed by atoms with van der Waals surface area (Å²) in [7, 11) is 0. The quantitative estimate of drug-likeness (QED) is 0.772. The van der Waals surface area contributed by atoms with Crippen LogP contribution < -0.4 is 9.64 Å². The molecule has 1 aliphatic rings. The molecular formula is C21H27N3O2. The lowest BCUT2D eigenvalue weighted by Crippen LogP contribution is -2.46. The van der Waals surface area contributed by atoms with Gasteiger partial charge in [0.25, 0.3) is 0 Å². The van der Waals surface area contributed by atoms with Crippen LogP contribution in [0.15, 0.2) is 42.6 Å². The van der Waals surface area contributed by atoms with Gasteiger partial charge in [-0.3, -0.25) is 9.69 Å². The van der Waals surface area contributed by atoms with Crippen molar-refractivity contribution < 1.29 is 9.53 Å². The Labute approximate surface area is 155 Å². The van der Waals surface area contributed by atoms with Crippen molar-refractivity contribution in [3.05, 3.63) is 53.7 Å². The molecule has 0 saturated carbocycles. The highest BCUT2D eigenvalue weighted by atomic mass is 16.5. The van der Waals surface area contributed by atoms with Gasteiger partial charge in [0.15, 0.2) is 11.6 Å². The van der Waals surface area contributed by atoms with E-state index in [9.17, 15) is 4.79 Å². The Morgan fingerprint density at radius 1 is 1.12 bits per heavy atom. The Hall–Kier alpha value is -2.40. The highest BCUT2D eigenvalue weighted by Crippen LogP contribution is 2.31. The first-order valence-corrected chi connectivity index (χ1v) is 9.23. The molecule has 0 bridgehead atoms. The van der Waals surface area contributed by atoms with Gasteiger partial charge in [0.2, 0.25) is 0 Å². The summed E-state index contributed by atoms with van der Waals surface area (Å²) in [6, 6.07) is 12.4. The Bertz CT molecular complexity index is 738. The zero-order valence-electron chi connectivity index (χ0n) is 15.8. The summed E-state index contributed by atoms with van der Waals surface area (Å²) in [4.78, 5) is 21.3. The molecule has 2 heterocycles. The lowest BCUT2D eigenvalue weighted by atomic mass is 10.2. The number of pyridine rings is 1. The molecule has 1 aromatic heterocycles. The fourth-order valence-corrected chi connectivity index (χ4v) is 3.06. The number of aryl methyl sites for hydroxylation is 1. The smallest absolute Gasteiger partial charge is 0.313 e. The standard InChI is InChI=1S/C21H27N3O2/c1-16(2)21(25)26-19-17(3)9-10-22-20(19)24-13-11-23(12-14-24)15-18-7-5-4-6-8-18/h4-10,16H,11-15H2,1-3H3. The molecule has 1 fully saturated rings. The van der Waals surface area contributed by atoms with Crippen LogP contribution in [0, 0.1) is 12.8 Å². The largest absolute Gasteiger partial charge is 0.422 e. The molecule has 0 spiro atoms. The number of hydrogen-bond acceptors (Lipinski definition) is 5. The van der Waals surface area contributed by atoms with Gasteiger partial charge < -0.3 is 9.64 Å². The summed E-state index contributed by atoms with van der Waals surface area (Å²) in [6.45, 7) is 10.3. The van der Waals surface area contributed by atoms with E-state index in [1.54, 1.807) is 6.20 Å². The summed E-state index contributed by atoms with van der Waals surface area (Å²) < 4.78 is 5.66. The van der Waals surface area contributed by atoms with Crippen LogP contribution in [-0.4, -0.2) is 42.0 Å². The highest BCUT2D eigenvalue weighted by Gasteiger charge is 2.23. The lowest BCUT2D eigenvalue weighted by molar-refractivity contribution is -0.137. The topological polar surface area (TPSA) is 45.7 Å². The van der Waals surface area contributed by atoms with Crippen LogP contribution in [0.1, 0.15) is 25.0 Å². The first-order chi connectivity index (χ1) is 12.5. The van der Waals surface area contributed by atoms with Crippen molar-refractivity contribution in [1.82, 2.24) is 9.88 Å². The van der Waals surface area contributed by atoms with Crippen molar-refractivity contribution in [2.24, 2.45) is 5.92 Å². The molecule has 138 valence electrons. The maximum absolute atomic E-state index is 12.1. The molecule has 0 unspecified atom stereocenters. The second-order valence-corrected chi connectivity index (χ2v) is 7.11. The fraction of sp³-hybridized carbons (Fsp3) is 0.429. The summed E-state index contributed by atoms with van der Waals surface area (Å²) in [5.74, 6) is 0.997. The van der Waals surface area contributed by atoms with Crippen molar-refractivity contribution in [2.75, 3.05) is 31.1 Å². The molecule has 1 aromatic carbocycles. The van der Waals surface area contributed by atoms with E-state index in [4.69, 9.17) is 4.74 Å².